The van der Waals surface area contributed by atoms with Crippen LogP contribution in [0.2, 0.25) is 0 Å². The Balaban J connectivity index is 2.15. The standard InChI is InChI=1S/C13H17N3OS/c1-15-7-2-8-16(9-12(15)17)11-5-3-10(4-6-11)13(14)18/h3-6H,2,7-9H2,1H3,(H2,14,18). The van der Waals surface area contributed by atoms with E-state index in [4.69, 9.17) is 18.0 Å². The highest BCUT2D eigenvalue weighted by Gasteiger charge is 2.18. The molecule has 1 heterocycles. The van der Waals surface area contributed by atoms with Gasteiger partial charge in [0.25, 0.3) is 0 Å². The van der Waals surface area contributed by atoms with Gasteiger partial charge < -0.3 is 15.5 Å². The maximum Gasteiger partial charge on any atom is 0.241 e. The van der Waals surface area contributed by atoms with E-state index >= 15 is 0 Å². The van der Waals surface area contributed by atoms with Crippen molar-refractivity contribution in [2.45, 2.75) is 6.42 Å². The summed E-state index contributed by atoms with van der Waals surface area (Å²) in [5, 5.41) is 0. The highest BCUT2D eigenvalue weighted by Crippen LogP contribution is 2.17. The first kappa shape index (κ1) is 12.8. The fourth-order valence-electron chi connectivity index (χ4n) is 2.04. The predicted molar refractivity (Wildman–Crippen MR) is 76.8 cm³/mol. The fourth-order valence-corrected chi connectivity index (χ4v) is 2.18. The maximum absolute atomic E-state index is 11.8. The Kier molecular flexibility index (Phi) is 3.81. The lowest BCUT2D eigenvalue weighted by atomic mass is 10.2. The van der Waals surface area contributed by atoms with Crippen molar-refractivity contribution in [2.24, 2.45) is 5.73 Å². The van der Waals surface area contributed by atoms with Gasteiger partial charge in [0.2, 0.25) is 5.91 Å². The number of anilines is 1. The van der Waals surface area contributed by atoms with Gasteiger partial charge in [-0.15, -0.1) is 0 Å². The van der Waals surface area contributed by atoms with Gasteiger partial charge in [-0.05, 0) is 30.7 Å². The molecule has 0 unspecified atom stereocenters. The predicted octanol–water partition coefficient (Wildman–Crippen LogP) is 0.989. The summed E-state index contributed by atoms with van der Waals surface area (Å²) in [7, 11) is 1.85. The van der Waals surface area contributed by atoms with Crippen LogP contribution in [0.4, 0.5) is 5.69 Å². The summed E-state index contributed by atoms with van der Waals surface area (Å²) in [5.41, 5.74) is 7.46. The van der Waals surface area contributed by atoms with Gasteiger partial charge in [-0.1, -0.05) is 12.2 Å². The lowest BCUT2D eigenvalue weighted by Gasteiger charge is -2.22. The highest BCUT2D eigenvalue weighted by atomic mass is 32.1. The van der Waals surface area contributed by atoms with Crippen LogP contribution in [0.3, 0.4) is 0 Å². The molecule has 0 aromatic heterocycles. The molecule has 1 aromatic rings. The van der Waals surface area contributed by atoms with Crippen molar-refractivity contribution < 1.29 is 4.79 Å². The molecule has 1 aliphatic heterocycles. The Morgan fingerprint density at radius 1 is 1.28 bits per heavy atom. The number of hydrogen-bond acceptors (Lipinski definition) is 3. The molecule has 0 atom stereocenters. The monoisotopic (exact) mass is 263 g/mol. The number of carbonyl (C=O) groups is 1. The van der Waals surface area contributed by atoms with Crippen molar-refractivity contribution in [3.63, 3.8) is 0 Å². The van der Waals surface area contributed by atoms with E-state index < -0.39 is 0 Å². The number of nitrogens with two attached hydrogens (primary N) is 1. The molecule has 1 aromatic carbocycles. The Morgan fingerprint density at radius 2 is 1.94 bits per heavy atom. The van der Waals surface area contributed by atoms with E-state index in [0.29, 0.717) is 11.5 Å². The number of likely N-dealkylation sites (N-methyl/N-ethyl adjacent to an activating group) is 1. The van der Waals surface area contributed by atoms with Crippen molar-refractivity contribution in [3.05, 3.63) is 29.8 Å². The van der Waals surface area contributed by atoms with Crippen molar-refractivity contribution in [1.82, 2.24) is 4.90 Å². The lowest BCUT2D eigenvalue weighted by Crippen LogP contribution is -2.34. The number of benzene rings is 1. The van der Waals surface area contributed by atoms with E-state index in [2.05, 4.69) is 4.90 Å². The largest absolute Gasteiger partial charge is 0.389 e. The van der Waals surface area contributed by atoms with Crippen LogP contribution in [-0.4, -0.2) is 42.5 Å². The van der Waals surface area contributed by atoms with Gasteiger partial charge >= 0.3 is 0 Å². The minimum Gasteiger partial charge on any atom is -0.389 e. The molecule has 1 fully saturated rings. The zero-order chi connectivity index (χ0) is 13.1. The summed E-state index contributed by atoms with van der Waals surface area (Å²) < 4.78 is 0. The van der Waals surface area contributed by atoms with Gasteiger partial charge in [0.15, 0.2) is 0 Å². The van der Waals surface area contributed by atoms with Crippen LogP contribution in [0.25, 0.3) is 0 Å². The first-order valence-electron chi connectivity index (χ1n) is 5.96. The van der Waals surface area contributed by atoms with E-state index in [1.54, 1.807) is 4.90 Å². The van der Waals surface area contributed by atoms with E-state index in [-0.39, 0.29) is 5.91 Å². The molecule has 2 N–H and O–H groups in total. The molecule has 0 bridgehead atoms. The molecule has 0 saturated carbocycles. The van der Waals surface area contributed by atoms with Gasteiger partial charge in [-0.3, -0.25) is 4.79 Å². The van der Waals surface area contributed by atoms with Crippen molar-refractivity contribution in [1.29, 1.82) is 0 Å². The topological polar surface area (TPSA) is 49.6 Å². The SMILES string of the molecule is CN1CCCN(c2ccc(C(N)=S)cc2)CC1=O. The lowest BCUT2D eigenvalue weighted by molar-refractivity contribution is -0.127. The Morgan fingerprint density at radius 3 is 2.56 bits per heavy atom. The summed E-state index contributed by atoms with van der Waals surface area (Å²) in [6, 6.07) is 7.73. The highest BCUT2D eigenvalue weighted by molar-refractivity contribution is 7.80. The molecule has 5 heteroatoms. The molecule has 18 heavy (non-hydrogen) atoms. The summed E-state index contributed by atoms with van der Waals surface area (Å²) >= 11 is 4.92. The zero-order valence-electron chi connectivity index (χ0n) is 10.4. The Hall–Kier alpha value is -1.62. The fraction of sp³-hybridized carbons (Fsp3) is 0.385. The van der Waals surface area contributed by atoms with Crippen molar-refractivity contribution >= 4 is 28.8 Å². The molecule has 96 valence electrons. The molecule has 0 aliphatic carbocycles. The van der Waals surface area contributed by atoms with Crippen LogP contribution in [0.15, 0.2) is 24.3 Å². The molecular formula is C13H17N3OS. The van der Waals surface area contributed by atoms with Gasteiger partial charge in [0.05, 0.1) is 6.54 Å². The summed E-state index contributed by atoms with van der Waals surface area (Å²) in [4.78, 5) is 16.1. The quantitative estimate of drug-likeness (QED) is 0.808. The first-order valence-corrected chi connectivity index (χ1v) is 6.37. The number of thiocarbonyl (C=S) groups is 1. The van der Waals surface area contributed by atoms with Crippen LogP contribution in [-0.2, 0) is 4.79 Å². The number of nitrogens with zero attached hydrogens (tertiary/aromatic N) is 2. The van der Waals surface area contributed by atoms with Crippen LogP contribution in [0.1, 0.15) is 12.0 Å². The second-order valence-electron chi connectivity index (χ2n) is 4.50. The smallest absolute Gasteiger partial charge is 0.241 e. The van der Waals surface area contributed by atoms with Crippen LogP contribution >= 0.6 is 12.2 Å². The second-order valence-corrected chi connectivity index (χ2v) is 4.94. The van der Waals surface area contributed by atoms with E-state index in [0.717, 1.165) is 30.8 Å². The van der Waals surface area contributed by atoms with Gasteiger partial charge in [0.1, 0.15) is 4.99 Å². The van der Waals surface area contributed by atoms with E-state index in [1.807, 2.05) is 31.3 Å². The van der Waals surface area contributed by atoms with E-state index in [9.17, 15) is 4.79 Å². The molecule has 4 nitrogen and oxygen atoms in total. The molecule has 2 rings (SSSR count). The number of hydrogen-bond donors (Lipinski definition) is 1. The minimum atomic E-state index is 0.158. The molecule has 1 aliphatic rings. The van der Waals surface area contributed by atoms with Gasteiger partial charge in [-0.25, -0.2) is 0 Å². The first-order chi connectivity index (χ1) is 8.58. The minimum absolute atomic E-state index is 0.158. The van der Waals surface area contributed by atoms with Crippen LogP contribution < -0.4 is 10.6 Å². The van der Waals surface area contributed by atoms with Gasteiger partial charge in [0, 0.05) is 31.4 Å². The van der Waals surface area contributed by atoms with Gasteiger partial charge in [-0.2, -0.15) is 0 Å². The maximum atomic E-state index is 11.8. The third kappa shape index (κ3) is 2.79. The molecule has 1 amide bonds. The number of carbonyl (C=O) groups excluding carboxylic acids is 1. The summed E-state index contributed by atoms with van der Waals surface area (Å²) in [6.07, 6.45) is 0.985. The number of amides is 1. The second kappa shape index (κ2) is 5.35. The molecule has 0 spiro atoms. The third-order valence-electron chi connectivity index (χ3n) is 3.19. The van der Waals surface area contributed by atoms with Crippen molar-refractivity contribution in [3.8, 4) is 0 Å². The Bertz CT molecular complexity index is 458. The summed E-state index contributed by atoms with van der Waals surface area (Å²) in [5.74, 6) is 0.158. The summed E-state index contributed by atoms with van der Waals surface area (Å²) in [6.45, 7) is 2.14. The van der Waals surface area contributed by atoms with Crippen LogP contribution in [0.5, 0.6) is 0 Å². The average molecular weight is 263 g/mol. The Labute approximate surface area is 112 Å². The molecule has 1 saturated heterocycles. The average Bonchev–Trinajstić information content (AvgIpc) is 2.52. The van der Waals surface area contributed by atoms with E-state index in [1.165, 1.54) is 0 Å². The molecular weight excluding hydrogens is 246 g/mol. The van der Waals surface area contributed by atoms with Crippen LogP contribution in [0, 0.1) is 0 Å². The third-order valence-corrected chi connectivity index (χ3v) is 3.43. The number of rotatable bonds is 2. The zero-order valence-corrected chi connectivity index (χ0v) is 11.2. The molecule has 0 radical (unpaired) electrons. The van der Waals surface area contributed by atoms with Crippen molar-refractivity contribution in [2.75, 3.05) is 31.6 Å². The normalized spacial score (nSPS) is 16.6.